The summed E-state index contributed by atoms with van der Waals surface area (Å²) in [5, 5.41) is 2.39. The molecular formula is C17H24N4O5. The van der Waals surface area contributed by atoms with Gasteiger partial charge in [-0.3, -0.25) is 9.59 Å². The van der Waals surface area contributed by atoms with Gasteiger partial charge in [0.15, 0.2) is 0 Å². The molecule has 0 spiro atoms. The third kappa shape index (κ3) is 4.78. The summed E-state index contributed by atoms with van der Waals surface area (Å²) in [5.41, 5.74) is 5.43. The molecule has 0 aliphatic carbocycles. The smallest absolute Gasteiger partial charge is 0.312 e. The summed E-state index contributed by atoms with van der Waals surface area (Å²) in [4.78, 5) is 38.8. The van der Waals surface area contributed by atoms with Crippen LogP contribution in [-0.2, 0) is 4.79 Å². The molecule has 0 saturated carbocycles. The van der Waals surface area contributed by atoms with Crippen molar-refractivity contribution in [3.8, 4) is 11.5 Å². The number of urea groups is 1. The van der Waals surface area contributed by atoms with E-state index in [4.69, 9.17) is 15.2 Å². The number of amides is 4. The standard InChI is InChI=1S/C17H24N4O5/c1-25-12-3-4-13(14(11-12)26-2)16(23)21-9-7-20(8-10-21)15(22)5-6-19-17(18)24/h3-4,11H,5-10H2,1-2H3,(H3,18,19,24). The van der Waals surface area contributed by atoms with Crippen LogP contribution < -0.4 is 20.5 Å². The van der Waals surface area contributed by atoms with E-state index < -0.39 is 6.03 Å². The Morgan fingerprint density at radius 3 is 2.31 bits per heavy atom. The molecule has 0 bridgehead atoms. The van der Waals surface area contributed by atoms with Crippen molar-refractivity contribution in [2.24, 2.45) is 5.73 Å². The number of piperazine rings is 1. The SMILES string of the molecule is COc1ccc(C(=O)N2CCN(C(=O)CCNC(N)=O)CC2)c(OC)c1. The van der Waals surface area contributed by atoms with Gasteiger partial charge in [-0.05, 0) is 12.1 Å². The monoisotopic (exact) mass is 364 g/mol. The number of ether oxygens (including phenoxy) is 2. The number of benzene rings is 1. The Hall–Kier alpha value is -2.97. The molecule has 1 saturated heterocycles. The van der Waals surface area contributed by atoms with Gasteiger partial charge in [-0.15, -0.1) is 0 Å². The molecule has 1 aliphatic rings. The number of hydrogen-bond donors (Lipinski definition) is 2. The summed E-state index contributed by atoms with van der Waals surface area (Å²) < 4.78 is 10.4. The largest absolute Gasteiger partial charge is 0.497 e. The Balaban J connectivity index is 1.92. The summed E-state index contributed by atoms with van der Waals surface area (Å²) in [6, 6.07) is 4.40. The van der Waals surface area contributed by atoms with E-state index in [-0.39, 0.29) is 24.8 Å². The van der Waals surface area contributed by atoms with Gasteiger partial charge in [-0.1, -0.05) is 0 Å². The molecule has 26 heavy (non-hydrogen) atoms. The maximum absolute atomic E-state index is 12.7. The zero-order chi connectivity index (χ0) is 19.1. The maximum atomic E-state index is 12.7. The number of nitrogens with one attached hydrogen (secondary N) is 1. The van der Waals surface area contributed by atoms with Crippen LogP contribution in [0, 0.1) is 0 Å². The molecule has 1 heterocycles. The van der Waals surface area contributed by atoms with Gasteiger partial charge in [-0.25, -0.2) is 4.79 Å². The van der Waals surface area contributed by atoms with Crippen molar-refractivity contribution in [2.45, 2.75) is 6.42 Å². The molecule has 1 aromatic carbocycles. The molecule has 4 amide bonds. The Morgan fingerprint density at radius 2 is 1.73 bits per heavy atom. The van der Waals surface area contributed by atoms with Crippen LogP contribution in [0.2, 0.25) is 0 Å². The van der Waals surface area contributed by atoms with Gasteiger partial charge in [0, 0.05) is 45.2 Å². The van der Waals surface area contributed by atoms with E-state index in [9.17, 15) is 14.4 Å². The fourth-order valence-corrected chi connectivity index (χ4v) is 2.76. The van der Waals surface area contributed by atoms with E-state index >= 15 is 0 Å². The van der Waals surface area contributed by atoms with Crippen LogP contribution in [0.5, 0.6) is 11.5 Å². The number of rotatable bonds is 6. The molecule has 1 aromatic rings. The molecule has 9 heteroatoms. The van der Waals surface area contributed by atoms with Crippen LogP contribution >= 0.6 is 0 Å². The lowest BCUT2D eigenvalue weighted by atomic mass is 10.1. The number of methoxy groups -OCH3 is 2. The average Bonchev–Trinajstić information content (AvgIpc) is 2.66. The zero-order valence-electron chi connectivity index (χ0n) is 15.0. The van der Waals surface area contributed by atoms with E-state index in [1.165, 1.54) is 7.11 Å². The van der Waals surface area contributed by atoms with Crippen molar-refractivity contribution in [3.05, 3.63) is 23.8 Å². The molecule has 2 rings (SSSR count). The predicted molar refractivity (Wildman–Crippen MR) is 94.2 cm³/mol. The molecule has 9 nitrogen and oxygen atoms in total. The van der Waals surface area contributed by atoms with Crippen molar-refractivity contribution in [2.75, 3.05) is 46.9 Å². The molecule has 3 N–H and O–H groups in total. The summed E-state index contributed by atoms with van der Waals surface area (Å²) in [7, 11) is 3.05. The Bertz CT molecular complexity index is 671. The van der Waals surface area contributed by atoms with E-state index in [0.29, 0.717) is 43.2 Å². The molecule has 142 valence electrons. The second-order valence-electron chi connectivity index (χ2n) is 5.78. The van der Waals surface area contributed by atoms with E-state index in [2.05, 4.69) is 5.32 Å². The highest BCUT2D eigenvalue weighted by Gasteiger charge is 2.26. The fourth-order valence-electron chi connectivity index (χ4n) is 2.76. The first-order valence-corrected chi connectivity index (χ1v) is 8.28. The minimum Gasteiger partial charge on any atom is -0.497 e. The van der Waals surface area contributed by atoms with Gasteiger partial charge < -0.3 is 30.3 Å². The minimum absolute atomic E-state index is 0.0760. The maximum Gasteiger partial charge on any atom is 0.312 e. The van der Waals surface area contributed by atoms with Crippen LogP contribution in [0.1, 0.15) is 16.8 Å². The summed E-state index contributed by atoms with van der Waals surface area (Å²) in [6.07, 6.45) is 0.184. The summed E-state index contributed by atoms with van der Waals surface area (Å²) in [6.45, 7) is 1.96. The van der Waals surface area contributed by atoms with Gasteiger partial charge in [0.05, 0.1) is 19.8 Å². The zero-order valence-corrected chi connectivity index (χ0v) is 15.0. The van der Waals surface area contributed by atoms with Gasteiger partial charge >= 0.3 is 6.03 Å². The highest BCUT2D eigenvalue weighted by molar-refractivity contribution is 5.97. The van der Waals surface area contributed by atoms with Crippen molar-refractivity contribution >= 4 is 17.8 Å². The van der Waals surface area contributed by atoms with Crippen LogP contribution in [0.4, 0.5) is 4.79 Å². The van der Waals surface area contributed by atoms with Crippen LogP contribution in [0.25, 0.3) is 0 Å². The molecular weight excluding hydrogens is 340 g/mol. The van der Waals surface area contributed by atoms with Crippen molar-refractivity contribution in [1.29, 1.82) is 0 Å². The molecule has 0 unspecified atom stereocenters. The number of nitrogens with zero attached hydrogens (tertiary/aromatic N) is 2. The Labute approximate surface area is 152 Å². The number of carbonyl (C=O) groups excluding carboxylic acids is 3. The van der Waals surface area contributed by atoms with Gasteiger partial charge in [-0.2, -0.15) is 0 Å². The Morgan fingerprint density at radius 1 is 1.08 bits per heavy atom. The van der Waals surface area contributed by atoms with Crippen molar-refractivity contribution < 1.29 is 23.9 Å². The molecule has 0 aromatic heterocycles. The van der Waals surface area contributed by atoms with E-state index in [1.807, 2.05) is 0 Å². The number of carbonyl (C=O) groups is 3. The number of primary amides is 1. The fraction of sp³-hybridized carbons (Fsp3) is 0.471. The molecule has 1 aliphatic heterocycles. The molecule has 1 fully saturated rings. The molecule has 0 atom stereocenters. The summed E-state index contributed by atoms with van der Waals surface area (Å²) in [5.74, 6) is 0.837. The predicted octanol–water partition coefficient (Wildman–Crippen LogP) is 0.0466. The van der Waals surface area contributed by atoms with Gasteiger partial charge in [0.2, 0.25) is 5.91 Å². The highest BCUT2D eigenvalue weighted by atomic mass is 16.5. The lowest BCUT2D eigenvalue weighted by Gasteiger charge is -2.35. The van der Waals surface area contributed by atoms with Crippen molar-refractivity contribution in [3.63, 3.8) is 0 Å². The van der Waals surface area contributed by atoms with Gasteiger partial charge in [0.1, 0.15) is 11.5 Å². The lowest BCUT2D eigenvalue weighted by Crippen LogP contribution is -2.51. The lowest BCUT2D eigenvalue weighted by molar-refractivity contribution is -0.132. The first-order chi connectivity index (χ1) is 12.5. The number of hydrogen-bond acceptors (Lipinski definition) is 5. The average molecular weight is 364 g/mol. The first kappa shape index (κ1) is 19.4. The van der Waals surface area contributed by atoms with E-state index in [1.54, 1.807) is 35.1 Å². The third-order valence-electron chi connectivity index (χ3n) is 4.20. The highest BCUT2D eigenvalue weighted by Crippen LogP contribution is 2.26. The second-order valence-corrected chi connectivity index (χ2v) is 5.78. The summed E-state index contributed by atoms with van der Waals surface area (Å²) >= 11 is 0. The second kappa shape index (κ2) is 8.93. The van der Waals surface area contributed by atoms with E-state index in [0.717, 1.165) is 0 Å². The normalized spacial score (nSPS) is 13.9. The molecule has 0 radical (unpaired) electrons. The van der Waals surface area contributed by atoms with Gasteiger partial charge in [0.25, 0.3) is 5.91 Å². The first-order valence-electron chi connectivity index (χ1n) is 8.28. The topological polar surface area (TPSA) is 114 Å². The van der Waals surface area contributed by atoms with Crippen LogP contribution in [0.15, 0.2) is 18.2 Å². The van der Waals surface area contributed by atoms with Crippen molar-refractivity contribution in [1.82, 2.24) is 15.1 Å². The van der Waals surface area contributed by atoms with Crippen LogP contribution in [-0.4, -0.2) is 74.6 Å². The number of nitrogens with two attached hydrogens (primary N) is 1. The minimum atomic E-state index is -0.651. The third-order valence-corrected chi connectivity index (χ3v) is 4.20. The Kier molecular flexibility index (Phi) is 6.65. The van der Waals surface area contributed by atoms with Crippen LogP contribution in [0.3, 0.4) is 0 Å². The quantitative estimate of drug-likeness (QED) is 0.740.